The Morgan fingerprint density at radius 3 is 2.84 bits per heavy atom. The zero-order valence-corrected chi connectivity index (χ0v) is 15.2. The van der Waals surface area contributed by atoms with E-state index in [2.05, 4.69) is 15.5 Å². The average Bonchev–Trinajstić information content (AvgIpc) is 3.24. The molecule has 1 aromatic carbocycles. The van der Waals surface area contributed by atoms with E-state index in [-0.39, 0.29) is 36.2 Å². The molecule has 1 aliphatic rings. The highest BCUT2D eigenvalue weighted by Gasteiger charge is 2.33. The standard InChI is InChI=1S/C18H24N4O2.ClH/c1-12(20-18(23)15-9-5-8-14(15)11-19)17-21-16(24-22-17)10-13-6-3-2-4-7-13;/h2-4,6-7,12,14-15H,5,8-11,19H2,1H3,(H,20,23);1H/t12?,14-,15-;/m1./s1. The van der Waals surface area contributed by atoms with Gasteiger partial charge in [-0.05, 0) is 37.8 Å². The Morgan fingerprint density at radius 1 is 1.36 bits per heavy atom. The van der Waals surface area contributed by atoms with Gasteiger partial charge in [-0.2, -0.15) is 4.98 Å². The molecule has 1 aromatic heterocycles. The molecule has 1 fully saturated rings. The normalized spacial score (nSPS) is 20.7. The summed E-state index contributed by atoms with van der Waals surface area (Å²) in [7, 11) is 0. The molecule has 1 heterocycles. The highest BCUT2D eigenvalue weighted by atomic mass is 35.5. The summed E-state index contributed by atoms with van der Waals surface area (Å²) in [6.07, 6.45) is 3.60. The van der Waals surface area contributed by atoms with Gasteiger partial charge in [0.05, 0.1) is 12.5 Å². The second-order valence-electron chi connectivity index (χ2n) is 6.47. The van der Waals surface area contributed by atoms with Crippen LogP contribution >= 0.6 is 12.4 Å². The van der Waals surface area contributed by atoms with Crippen molar-refractivity contribution >= 4 is 18.3 Å². The number of aromatic nitrogens is 2. The van der Waals surface area contributed by atoms with Crippen LogP contribution < -0.4 is 11.1 Å². The predicted molar refractivity (Wildman–Crippen MR) is 97.2 cm³/mol. The molecule has 0 aliphatic heterocycles. The van der Waals surface area contributed by atoms with Gasteiger partial charge >= 0.3 is 0 Å². The second-order valence-corrected chi connectivity index (χ2v) is 6.47. The van der Waals surface area contributed by atoms with Crippen molar-refractivity contribution in [3.05, 3.63) is 47.6 Å². The van der Waals surface area contributed by atoms with E-state index in [1.165, 1.54) is 0 Å². The Morgan fingerprint density at radius 2 is 2.12 bits per heavy atom. The number of nitrogens with zero attached hydrogens (tertiary/aromatic N) is 2. The number of hydrogen-bond acceptors (Lipinski definition) is 5. The lowest BCUT2D eigenvalue weighted by Crippen LogP contribution is -2.36. The van der Waals surface area contributed by atoms with Gasteiger partial charge in [0.2, 0.25) is 11.8 Å². The number of halogens is 1. The van der Waals surface area contributed by atoms with Crippen molar-refractivity contribution in [2.75, 3.05) is 6.54 Å². The van der Waals surface area contributed by atoms with Crippen LogP contribution in [0.2, 0.25) is 0 Å². The van der Waals surface area contributed by atoms with Crippen LogP contribution in [0.1, 0.15) is 49.5 Å². The van der Waals surface area contributed by atoms with Crippen LogP contribution in [-0.4, -0.2) is 22.6 Å². The van der Waals surface area contributed by atoms with Gasteiger partial charge in [0.15, 0.2) is 5.82 Å². The van der Waals surface area contributed by atoms with Crippen LogP contribution in [0.5, 0.6) is 0 Å². The van der Waals surface area contributed by atoms with E-state index in [0.29, 0.717) is 24.7 Å². The van der Waals surface area contributed by atoms with Gasteiger partial charge < -0.3 is 15.6 Å². The Kier molecular flexibility index (Phi) is 6.96. The minimum atomic E-state index is -0.273. The molecule has 0 radical (unpaired) electrons. The largest absolute Gasteiger partial charge is 0.346 e. The zero-order chi connectivity index (χ0) is 16.9. The Bertz CT molecular complexity index is 677. The average molecular weight is 365 g/mol. The van der Waals surface area contributed by atoms with Crippen molar-refractivity contribution in [2.24, 2.45) is 17.6 Å². The lowest BCUT2D eigenvalue weighted by molar-refractivity contribution is -0.126. The number of carbonyl (C=O) groups excluding carboxylic acids is 1. The monoisotopic (exact) mass is 364 g/mol. The van der Waals surface area contributed by atoms with Crippen LogP contribution in [0.3, 0.4) is 0 Å². The molecule has 0 saturated heterocycles. The third-order valence-electron chi connectivity index (χ3n) is 4.73. The summed E-state index contributed by atoms with van der Waals surface area (Å²) >= 11 is 0. The van der Waals surface area contributed by atoms with E-state index in [9.17, 15) is 4.79 Å². The molecule has 6 nitrogen and oxygen atoms in total. The summed E-state index contributed by atoms with van der Waals surface area (Å²) in [6, 6.07) is 9.68. The van der Waals surface area contributed by atoms with Crippen molar-refractivity contribution < 1.29 is 9.32 Å². The third-order valence-corrected chi connectivity index (χ3v) is 4.73. The predicted octanol–water partition coefficient (Wildman–Crippen LogP) is 2.63. The van der Waals surface area contributed by atoms with Gasteiger partial charge in [-0.25, -0.2) is 0 Å². The first-order chi connectivity index (χ1) is 11.7. The van der Waals surface area contributed by atoms with Gasteiger partial charge in [0.1, 0.15) is 0 Å². The molecule has 1 saturated carbocycles. The Labute approximate surface area is 154 Å². The SMILES string of the molecule is CC(NC(=O)[C@@H]1CCC[C@@H]1CN)c1noc(Cc2ccccc2)n1.Cl. The van der Waals surface area contributed by atoms with E-state index < -0.39 is 0 Å². The molecule has 0 bridgehead atoms. The molecule has 2 aromatic rings. The molecular weight excluding hydrogens is 340 g/mol. The Balaban J connectivity index is 0.00000225. The topological polar surface area (TPSA) is 94.0 Å². The molecule has 3 rings (SSSR count). The maximum atomic E-state index is 12.4. The minimum absolute atomic E-state index is 0. The maximum absolute atomic E-state index is 12.4. The van der Waals surface area contributed by atoms with E-state index in [0.717, 1.165) is 24.8 Å². The number of carbonyl (C=O) groups is 1. The molecule has 1 aliphatic carbocycles. The first-order valence-electron chi connectivity index (χ1n) is 8.54. The van der Waals surface area contributed by atoms with Crippen LogP contribution in [0.15, 0.2) is 34.9 Å². The maximum Gasteiger partial charge on any atom is 0.231 e. The molecule has 136 valence electrons. The van der Waals surface area contributed by atoms with Crippen LogP contribution in [-0.2, 0) is 11.2 Å². The molecule has 3 N–H and O–H groups in total. The lowest BCUT2D eigenvalue weighted by atomic mass is 9.95. The van der Waals surface area contributed by atoms with Gasteiger partial charge in [0, 0.05) is 5.92 Å². The van der Waals surface area contributed by atoms with E-state index in [4.69, 9.17) is 10.3 Å². The fourth-order valence-corrected chi connectivity index (χ4v) is 3.34. The van der Waals surface area contributed by atoms with E-state index >= 15 is 0 Å². The minimum Gasteiger partial charge on any atom is -0.346 e. The lowest BCUT2D eigenvalue weighted by Gasteiger charge is -2.19. The van der Waals surface area contributed by atoms with Crippen molar-refractivity contribution in [1.29, 1.82) is 0 Å². The van der Waals surface area contributed by atoms with Crippen molar-refractivity contribution in [3.8, 4) is 0 Å². The first-order valence-corrected chi connectivity index (χ1v) is 8.54. The highest BCUT2D eigenvalue weighted by Crippen LogP contribution is 2.31. The smallest absolute Gasteiger partial charge is 0.231 e. The van der Waals surface area contributed by atoms with Crippen molar-refractivity contribution in [2.45, 2.75) is 38.6 Å². The summed E-state index contributed by atoms with van der Waals surface area (Å²) in [4.78, 5) is 16.9. The third kappa shape index (κ3) is 4.80. The number of amides is 1. The highest BCUT2D eigenvalue weighted by molar-refractivity contribution is 5.85. The summed E-state index contributed by atoms with van der Waals surface area (Å²) < 4.78 is 5.31. The van der Waals surface area contributed by atoms with Crippen LogP contribution in [0, 0.1) is 11.8 Å². The molecule has 7 heteroatoms. The molecule has 1 amide bonds. The number of nitrogens with two attached hydrogens (primary N) is 1. The van der Waals surface area contributed by atoms with Crippen molar-refractivity contribution in [3.63, 3.8) is 0 Å². The van der Waals surface area contributed by atoms with E-state index in [1.807, 2.05) is 37.3 Å². The van der Waals surface area contributed by atoms with Gasteiger partial charge in [-0.15, -0.1) is 12.4 Å². The molecular formula is C18H25ClN4O2. The van der Waals surface area contributed by atoms with Gasteiger partial charge in [-0.1, -0.05) is 41.9 Å². The fourth-order valence-electron chi connectivity index (χ4n) is 3.34. The summed E-state index contributed by atoms with van der Waals surface area (Å²) in [5.41, 5.74) is 6.87. The van der Waals surface area contributed by atoms with Gasteiger partial charge in [-0.3, -0.25) is 4.79 Å². The molecule has 25 heavy (non-hydrogen) atoms. The van der Waals surface area contributed by atoms with Gasteiger partial charge in [0.25, 0.3) is 0 Å². The summed E-state index contributed by atoms with van der Waals surface area (Å²) in [5.74, 6) is 1.41. The summed E-state index contributed by atoms with van der Waals surface area (Å²) in [5, 5.41) is 7.01. The molecule has 3 atom stereocenters. The number of hydrogen-bond donors (Lipinski definition) is 2. The number of benzene rings is 1. The zero-order valence-electron chi connectivity index (χ0n) is 14.4. The van der Waals surface area contributed by atoms with Crippen molar-refractivity contribution in [1.82, 2.24) is 15.5 Å². The number of nitrogens with one attached hydrogen (secondary N) is 1. The quantitative estimate of drug-likeness (QED) is 0.821. The first kappa shape index (κ1) is 19.4. The van der Waals surface area contributed by atoms with Crippen LogP contribution in [0.25, 0.3) is 0 Å². The second kappa shape index (κ2) is 8.97. The Hall–Kier alpha value is -1.92. The molecule has 1 unspecified atom stereocenters. The fraction of sp³-hybridized carbons (Fsp3) is 0.500. The van der Waals surface area contributed by atoms with Crippen LogP contribution in [0.4, 0.5) is 0 Å². The van der Waals surface area contributed by atoms with E-state index in [1.54, 1.807) is 0 Å². The molecule has 0 spiro atoms. The number of rotatable bonds is 6. The summed E-state index contributed by atoms with van der Waals surface area (Å²) in [6.45, 7) is 2.44.